The van der Waals surface area contributed by atoms with Crippen LogP contribution in [0.5, 0.6) is 0 Å². The Bertz CT molecular complexity index is 666. The number of benzene rings is 1. The average molecular weight is 485 g/mol. The van der Waals surface area contributed by atoms with Crippen LogP contribution in [-0.4, -0.2) is 72.0 Å². The Morgan fingerprint density at radius 2 is 1.88 bits per heavy atom. The van der Waals surface area contributed by atoms with Gasteiger partial charge in [0.05, 0.1) is 6.04 Å². The second-order valence-electron chi connectivity index (χ2n) is 8.19. The van der Waals surface area contributed by atoms with E-state index in [1.54, 1.807) is 11.8 Å². The Morgan fingerprint density at radius 1 is 1.19 bits per heavy atom. The van der Waals surface area contributed by atoms with Crippen LogP contribution in [-0.2, 0) is 16.0 Å². The van der Waals surface area contributed by atoms with Gasteiger partial charge in [0.1, 0.15) is 6.04 Å². The van der Waals surface area contributed by atoms with Gasteiger partial charge < -0.3 is 26.8 Å². The number of nitrogens with one attached hydrogen (secondary N) is 3. The molecule has 0 aliphatic carbocycles. The van der Waals surface area contributed by atoms with Crippen LogP contribution in [0, 0.1) is 5.92 Å². The summed E-state index contributed by atoms with van der Waals surface area (Å²) in [6.45, 7) is 4.97. The number of hydrogen-bond acceptors (Lipinski definition) is 7. The fourth-order valence-corrected chi connectivity index (χ4v) is 3.93. The number of amides is 1. The predicted molar refractivity (Wildman–Crippen MR) is 138 cm³/mol. The molecule has 182 valence electrons. The molecule has 0 unspecified atom stereocenters. The van der Waals surface area contributed by atoms with Crippen LogP contribution < -0.4 is 21.7 Å². The molecule has 0 heterocycles. The highest BCUT2D eigenvalue weighted by molar-refractivity contribution is 7.98. The molecule has 1 aromatic rings. The van der Waals surface area contributed by atoms with E-state index in [0.29, 0.717) is 31.7 Å². The number of thiol groups is 1. The summed E-state index contributed by atoms with van der Waals surface area (Å²) in [5.41, 5.74) is 7.06. The molecule has 0 saturated carbocycles. The molecule has 6 N–H and O–H groups in total. The van der Waals surface area contributed by atoms with Crippen molar-refractivity contribution >= 4 is 36.3 Å². The summed E-state index contributed by atoms with van der Waals surface area (Å²) in [4.78, 5) is 24.8. The number of rotatable bonds is 17. The molecule has 0 fully saturated rings. The first kappa shape index (κ1) is 28.8. The largest absolute Gasteiger partial charge is 0.480 e. The number of aliphatic carboxylic acids is 1. The molecular formula is C23H40N4O3S2. The van der Waals surface area contributed by atoms with Gasteiger partial charge in [-0.15, -0.1) is 0 Å². The maximum atomic E-state index is 13.2. The monoisotopic (exact) mass is 484 g/mol. The average Bonchev–Trinajstić information content (AvgIpc) is 2.78. The van der Waals surface area contributed by atoms with Gasteiger partial charge in [-0.25, -0.2) is 0 Å². The summed E-state index contributed by atoms with van der Waals surface area (Å²) in [7, 11) is 0. The lowest BCUT2D eigenvalue weighted by atomic mass is 9.97. The van der Waals surface area contributed by atoms with Gasteiger partial charge in [0.2, 0.25) is 5.91 Å². The number of carbonyl (C=O) groups excluding carboxylic acids is 1. The van der Waals surface area contributed by atoms with Crippen LogP contribution in [0.4, 0.5) is 0 Å². The van der Waals surface area contributed by atoms with Crippen molar-refractivity contribution in [2.75, 3.05) is 30.9 Å². The molecule has 1 rings (SSSR count). The highest BCUT2D eigenvalue weighted by atomic mass is 32.2. The highest BCUT2D eigenvalue weighted by Gasteiger charge is 2.27. The van der Waals surface area contributed by atoms with Gasteiger partial charge in [-0.05, 0) is 36.3 Å². The Morgan fingerprint density at radius 3 is 2.44 bits per heavy atom. The van der Waals surface area contributed by atoms with E-state index in [9.17, 15) is 14.7 Å². The Kier molecular flexibility index (Phi) is 14.7. The second-order valence-corrected chi connectivity index (χ2v) is 9.54. The molecule has 0 aliphatic heterocycles. The lowest BCUT2D eigenvalue weighted by molar-refractivity contribution is -0.139. The van der Waals surface area contributed by atoms with E-state index in [1.807, 2.05) is 43.5 Å². The molecule has 1 amide bonds. The van der Waals surface area contributed by atoms with Gasteiger partial charge in [-0.2, -0.15) is 24.4 Å². The molecule has 5 atom stereocenters. The standard InChI is InChI=1S/C23H40N4O3S2/c1-4-16(2)21(26-13-18(24)15-31)22(28)27-19(12-17-8-6-5-7-9-17)14-25-20(23(29)30)10-11-32-3/h5-9,16,18-21,25-26,31H,4,10-15,24H2,1-3H3,(H,27,28)(H,29,30)/t16-,18+,19+,20-,21-/m0/s1. The van der Waals surface area contributed by atoms with E-state index in [1.165, 1.54) is 0 Å². The summed E-state index contributed by atoms with van der Waals surface area (Å²) in [6, 6.07) is 8.50. The Hall–Kier alpha value is -1.26. The SMILES string of the molecule is CC[C@H](C)[C@H](NC[C@@H](N)CS)C(=O)N[C@@H](CN[C@@H](CCSC)C(=O)O)Cc1ccccc1. The first-order valence-electron chi connectivity index (χ1n) is 11.2. The van der Waals surface area contributed by atoms with Crippen molar-refractivity contribution in [2.45, 2.75) is 57.3 Å². The zero-order chi connectivity index (χ0) is 23.9. The van der Waals surface area contributed by atoms with E-state index >= 15 is 0 Å². The minimum absolute atomic E-state index is 0.0931. The van der Waals surface area contributed by atoms with Gasteiger partial charge in [0, 0.05) is 30.9 Å². The third-order valence-corrected chi connectivity index (χ3v) is 6.63. The van der Waals surface area contributed by atoms with Crippen molar-refractivity contribution in [2.24, 2.45) is 11.7 Å². The molecule has 9 heteroatoms. The third-order valence-electron chi connectivity index (χ3n) is 5.52. The van der Waals surface area contributed by atoms with Crippen LogP contribution in [0.1, 0.15) is 32.3 Å². The number of carboxylic acids is 1. The van der Waals surface area contributed by atoms with Crippen molar-refractivity contribution in [1.29, 1.82) is 0 Å². The topological polar surface area (TPSA) is 116 Å². The summed E-state index contributed by atoms with van der Waals surface area (Å²) < 4.78 is 0. The zero-order valence-electron chi connectivity index (χ0n) is 19.4. The smallest absolute Gasteiger partial charge is 0.320 e. The number of thioether (sulfide) groups is 1. The summed E-state index contributed by atoms with van der Waals surface area (Å²) >= 11 is 5.84. The third kappa shape index (κ3) is 11.0. The van der Waals surface area contributed by atoms with E-state index in [0.717, 1.165) is 17.7 Å². The van der Waals surface area contributed by atoms with Crippen LogP contribution >= 0.6 is 24.4 Å². The normalized spacial score (nSPS) is 16.0. The van der Waals surface area contributed by atoms with Crippen molar-refractivity contribution in [3.8, 4) is 0 Å². The van der Waals surface area contributed by atoms with Crippen molar-refractivity contribution in [3.05, 3.63) is 35.9 Å². The maximum Gasteiger partial charge on any atom is 0.320 e. The van der Waals surface area contributed by atoms with E-state index < -0.39 is 12.0 Å². The van der Waals surface area contributed by atoms with Gasteiger partial charge >= 0.3 is 5.97 Å². The fraction of sp³-hybridized carbons (Fsp3) is 0.652. The van der Waals surface area contributed by atoms with Crippen molar-refractivity contribution in [3.63, 3.8) is 0 Å². The number of hydrogen-bond donors (Lipinski definition) is 6. The lowest BCUT2D eigenvalue weighted by Crippen LogP contribution is -2.56. The van der Waals surface area contributed by atoms with E-state index in [2.05, 4.69) is 35.5 Å². The van der Waals surface area contributed by atoms with Gasteiger partial charge in [0.25, 0.3) is 0 Å². The summed E-state index contributed by atoms with van der Waals surface area (Å²) in [6.07, 6.45) is 3.94. The van der Waals surface area contributed by atoms with E-state index in [-0.39, 0.29) is 30.0 Å². The first-order valence-corrected chi connectivity index (χ1v) is 13.2. The van der Waals surface area contributed by atoms with Crippen molar-refractivity contribution in [1.82, 2.24) is 16.0 Å². The summed E-state index contributed by atoms with van der Waals surface area (Å²) in [5, 5.41) is 19.1. The number of carboxylic acid groups (broad SMARTS) is 1. The highest BCUT2D eigenvalue weighted by Crippen LogP contribution is 2.10. The summed E-state index contributed by atoms with van der Waals surface area (Å²) in [5.74, 6) is 0.453. The van der Waals surface area contributed by atoms with E-state index in [4.69, 9.17) is 5.73 Å². The lowest BCUT2D eigenvalue weighted by Gasteiger charge is -2.28. The van der Waals surface area contributed by atoms with Gasteiger partial charge in [0.15, 0.2) is 0 Å². The molecule has 1 aromatic carbocycles. The Balaban J connectivity index is 2.91. The quantitative estimate of drug-likeness (QED) is 0.187. The molecule has 0 aliphatic rings. The van der Waals surface area contributed by atoms with Gasteiger partial charge in [-0.3, -0.25) is 9.59 Å². The van der Waals surface area contributed by atoms with Crippen molar-refractivity contribution < 1.29 is 14.7 Å². The predicted octanol–water partition coefficient (Wildman–Crippen LogP) is 1.77. The van der Waals surface area contributed by atoms with Gasteiger partial charge in [-0.1, -0.05) is 50.6 Å². The molecule has 0 aromatic heterocycles. The van der Waals surface area contributed by atoms with Crippen LogP contribution in [0.25, 0.3) is 0 Å². The number of carbonyl (C=O) groups is 2. The molecular weight excluding hydrogens is 444 g/mol. The maximum absolute atomic E-state index is 13.2. The second kappa shape index (κ2) is 16.4. The fourth-order valence-electron chi connectivity index (χ4n) is 3.33. The minimum Gasteiger partial charge on any atom is -0.480 e. The molecule has 0 bridgehead atoms. The molecule has 7 nitrogen and oxygen atoms in total. The molecule has 0 spiro atoms. The Labute approximate surface area is 202 Å². The first-order chi connectivity index (χ1) is 15.3. The zero-order valence-corrected chi connectivity index (χ0v) is 21.1. The molecule has 0 radical (unpaired) electrons. The van der Waals surface area contributed by atoms with Crippen LogP contribution in [0.15, 0.2) is 30.3 Å². The van der Waals surface area contributed by atoms with Crippen LogP contribution in [0.3, 0.4) is 0 Å². The van der Waals surface area contributed by atoms with Crippen LogP contribution in [0.2, 0.25) is 0 Å². The minimum atomic E-state index is -0.872. The molecule has 32 heavy (non-hydrogen) atoms. The number of nitrogens with two attached hydrogens (primary N) is 1. The molecule has 0 saturated heterocycles.